The van der Waals surface area contributed by atoms with Crippen LogP contribution in [0.25, 0.3) is 0 Å². The van der Waals surface area contributed by atoms with Gasteiger partial charge in [-0.1, -0.05) is 36.4 Å². The lowest BCUT2D eigenvalue weighted by molar-refractivity contribution is 0.000177. The van der Waals surface area contributed by atoms with Gasteiger partial charge >= 0.3 is 5.97 Å². The molecule has 2 rings (SSSR count). The van der Waals surface area contributed by atoms with Gasteiger partial charge in [-0.2, -0.15) is 5.11 Å². The molecule has 0 aliphatic carbocycles. The molecular formula is C16H16N2O2. The summed E-state index contributed by atoms with van der Waals surface area (Å²) >= 11 is 0. The summed E-state index contributed by atoms with van der Waals surface area (Å²) in [5, 5.41) is 8.15. The van der Waals surface area contributed by atoms with E-state index in [2.05, 4.69) is 10.2 Å². The van der Waals surface area contributed by atoms with Crippen molar-refractivity contribution < 1.29 is 9.53 Å². The molecule has 2 aromatic rings. The lowest BCUT2D eigenvalue weighted by atomic mass is 10.2. The van der Waals surface area contributed by atoms with Gasteiger partial charge in [0.05, 0.1) is 11.3 Å². The summed E-state index contributed by atoms with van der Waals surface area (Å²) in [6.45, 7) is 3.39. The molecule has 0 spiro atoms. The second-order valence-electron chi connectivity index (χ2n) is 4.74. The van der Waals surface area contributed by atoms with Gasteiger partial charge in [-0.05, 0) is 38.1 Å². The number of benzene rings is 2. The Labute approximate surface area is 118 Å². The Balaban J connectivity index is 2.04. The van der Waals surface area contributed by atoms with E-state index in [1.165, 1.54) is 0 Å². The van der Waals surface area contributed by atoms with E-state index < -0.39 is 11.7 Å². The molecule has 0 heterocycles. The van der Waals surface area contributed by atoms with Crippen molar-refractivity contribution in [3.8, 4) is 0 Å². The van der Waals surface area contributed by atoms with Crippen molar-refractivity contribution in [2.24, 2.45) is 10.2 Å². The van der Waals surface area contributed by atoms with Crippen LogP contribution in [0.1, 0.15) is 24.2 Å². The van der Waals surface area contributed by atoms with Gasteiger partial charge in [-0.15, -0.1) is 5.11 Å². The molecule has 0 aliphatic rings. The summed E-state index contributed by atoms with van der Waals surface area (Å²) in [6, 6.07) is 18.1. The second kappa shape index (κ2) is 6.10. The Morgan fingerprint density at radius 3 is 2.10 bits per heavy atom. The van der Waals surface area contributed by atoms with Crippen LogP contribution in [-0.4, -0.2) is 11.7 Å². The van der Waals surface area contributed by atoms with Crippen LogP contribution < -0.4 is 0 Å². The van der Waals surface area contributed by atoms with Crippen LogP contribution in [0, 0.1) is 0 Å². The first-order valence-corrected chi connectivity index (χ1v) is 6.33. The third-order valence-electron chi connectivity index (χ3n) is 2.51. The Morgan fingerprint density at radius 2 is 1.50 bits per heavy atom. The first-order chi connectivity index (χ1) is 9.57. The van der Waals surface area contributed by atoms with Gasteiger partial charge in [0.15, 0.2) is 0 Å². The number of esters is 1. The first-order valence-electron chi connectivity index (χ1n) is 6.33. The third kappa shape index (κ3) is 4.02. The SMILES string of the molecule is CC(C)(N=Nc1ccccc1)OC(=O)c1ccccc1. The molecule has 20 heavy (non-hydrogen) atoms. The molecule has 0 N–H and O–H groups in total. The predicted octanol–water partition coefficient (Wildman–Crippen LogP) is 4.36. The topological polar surface area (TPSA) is 51.0 Å². The summed E-state index contributed by atoms with van der Waals surface area (Å²) in [5.41, 5.74) is 0.204. The van der Waals surface area contributed by atoms with Crippen molar-refractivity contribution in [3.05, 3.63) is 66.2 Å². The Bertz CT molecular complexity index is 592. The molecule has 0 aliphatic heterocycles. The monoisotopic (exact) mass is 268 g/mol. The standard InChI is InChI=1S/C16H16N2O2/c1-16(2,18-17-14-11-7-4-8-12-14)20-15(19)13-9-5-3-6-10-13/h3-12H,1-2H3. The zero-order valence-corrected chi connectivity index (χ0v) is 11.5. The zero-order valence-electron chi connectivity index (χ0n) is 11.5. The van der Waals surface area contributed by atoms with Crippen LogP contribution in [-0.2, 0) is 4.74 Å². The Hall–Kier alpha value is -2.49. The Kier molecular flexibility index (Phi) is 4.25. The van der Waals surface area contributed by atoms with Gasteiger partial charge < -0.3 is 4.74 Å². The summed E-state index contributed by atoms with van der Waals surface area (Å²) in [6.07, 6.45) is 0. The van der Waals surface area contributed by atoms with Crippen molar-refractivity contribution in [2.75, 3.05) is 0 Å². The molecule has 2 aromatic carbocycles. The fourth-order valence-electron chi connectivity index (χ4n) is 1.55. The third-order valence-corrected chi connectivity index (χ3v) is 2.51. The van der Waals surface area contributed by atoms with Gasteiger partial charge in [-0.3, -0.25) is 0 Å². The highest BCUT2D eigenvalue weighted by molar-refractivity contribution is 5.89. The molecule has 0 saturated heterocycles. The van der Waals surface area contributed by atoms with Gasteiger partial charge in [0.2, 0.25) is 5.72 Å². The van der Waals surface area contributed by atoms with Crippen LogP contribution in [0.5, 0.6) is 0 Å². The summed E-state index contributed by atoms with van der Waals surface area (Å²) in [4.78, 5) is 11.9. The zero-order chi connectivity index (χ0) is 14.4. The molecule has 0 fully saturated rings. The highest BCUT2D eigenvalue weighted by Gasteiger charge is 2.22. The lowest BCUT2D eigenvalue weighted by Gasteiger charge is -2.18. The Morgan fingerprint density at radius 1 is 0.950 bits per heavy atom. The molecule has 0 unspecified atom stereocenters. The number of nitrogens with zero attached hydrogens (tertiary/aromatic N) is 2. The van der Waals surface area contributed by atoms with Crippen LogP contribution in [0.15, 0.2) is 70.9 Å². The molecule has 102 valence electrons. The van der Waals surface area contributed by atoms with Crippen molar-refractivity contribution in [2.45, 2.75) is 19.6 Å². The number of hydrogen-bond donors (Lipinski definition) is 0. The number of azo groups is 1. The van der Waals surface area contributed by atoms with E-state index in [1.54, 1.807) is 38.1 Å². The van der Waals surface area contributed by atoms with E-state index in [1.807, 2.05) is 36.4 Å². The van der Waals surface area contributed by atoms with Crippen molar-refractivity contribution >= 4 is 11.7 Å². The molecule has 4 heteroatoms. The molecule has 4 nitrogen and oxygen atoms in total. The second-order valence-corrected chi connectivity index (χ2v) is 4.74. The molecule has 0 saturated carbocycles. The highest BCUT2D eigenvalue weighted by Crippen LogP contribution is 2.19. The van der Waals surface area contributed by atoms with Crippen LogP contribution in [0.3, 0.4) is 0 Å². The van der Waals surface area contributed by atoms with Crippen molar-refractivity contribution in [3.63, 3.8) is 0 Å². The molecule has 0 bridgehead atoms. The van der Waals surface area contributed by atoms with Crippen LogP contribution in [0.2, 0.25) is 0 Å². The minimum absolute atomic E-state index is 0.414. The molecule has 0 aromatic heterocycles. The van der Waals surface area contributed by atoms with Crippen LogP contribution in [0.4, 0.5) is 5.69 Å². The smallest absolute Gasteiger partial charge is 0.340 e. The summed E-state index contributed by atoms with van der Waals surface area (Å²) in [7, 11) is 0. The van der Waals surface area contributed by atoms with E-state index in [0.717, 1.165) is 5.69 Å². The quantitative estimate of drug-likeness (QED) is 0.611. The van der Waals surface area contributed by atoms with Gasteiger partial charge in [-0.25, -0.2) is 4.79 Å². The number of rotatable bonds is 4. The van der Waals surface area contributed by atoms with Crippen LogP contribution >= 0.6 is 0 Å². The van der Waals surface area contributed by atoms with E-state index in [-0.39, 0.29) is 0 Å². The van der Waals surface area contributed by atoms with Gasteiger partial charge in [0.25, 0.3) is 0 Å². The van der Waals surface area contributed by atoms with E-state index in [9.17, 15) is 4.79 Å². The average Bonchev–Trinajstić information content (AvgIpc) is 2.47. The summed E-state index contributed by atoms with van der Waals surface area (Å²) < 4.78 is 5.35. The number of carbonyl (C=O) groups excluding carboxylic acids is 1. The minimum Gasteiger partial charge on any atom is -0.432 e. The highest BCUT2D eigenvalue weighted by atomic mass is 16.6. The molecule has 0 radical (unpaired) electrons. The maximum absolute atomic E-state index is 11.9. The lowest BCUT2D eigenvalue weighted by Crippen LogP contribution is -2.25. The van der Waals surface area contributed by atoms with E-state index >= 15 is 0 Å². The summed E-state index contributed by atoms with van der Waals surface area (Å²) in [5.74, 6) is -0.414. The first kappa shape index (κ1) is 13.9. The largest absolute Gasteiger partial charge is 0.432 e. The van der Waals surface area contributed by atoms with Crippen molar-refractivity contribution in [1.29, 1.82) is 0 Å². The molecule has 0 atom stereocenters. The normalized spacial score (nSPS) is 11.5. The average molecular weight is 268 g/mol. The number of hydrogen-bond acceptors (Lipinski definition) is 4. The maximum atomic E-state index is 11.9. The number of carbonyl (C=O) groups is 1. The predicted molar refractivity (Wildman–Crippen MR) is 76.9 cm³/mol. The van der Waals surface area contributed by atoms with E-state index in [0.29, 0.717) is 5.56 Å². The fourth-order valence-corrected chi connectivity index (χ4v) is 1.55. The molecular weight excluding hydrogens is 252 g/mol. The van der Waals surface area contributed by atoms with Gasteiger partial charge in [0, 0.05) is 0 Å². The van der Waals surface area contributed by atoms with Gasteiger partial charge in [0.1, 0.15) is 0 Å². The fraction of sp³-hybridized carbons (Fsp3) is 0.188. The number of ether oxygens (including phenoxy) is 1. The maximum Gasteiger partial charge on any atom is 0.340 e. The minimum atomic E-state index is -1.01. The van der Waals surface area contributed by atoms with E-state index in [4.69, 9.17) is 4.74 Å². The molecule has 0 amide bonds. The van der Waals surface area contributed by atoms with Crippen molar-refractivity contribution in [1.82, 2.24) is 0 Å².